The number of anilines is 2. The summed E-state index contributed by atoms with van der Waals surface area (Å²) in [6.45, 7) is 13.5. The molecule has 2 heterocycles. The van der Waals surface area contributed by atoms with E-state index in [1.165, 1.54) is 22.5 Å². The van der Waals surface area contributed by atoms with Crippen LogP contribution in [-0.4, -0.2) is 38.3 Å². The maximum atomic E-state index is 3.54. The summed E-state index contributed by atoms with van der Waals surface area (Å²) in [7, 11) is 0. The molecule has 3 heteroatoms. The van der Waals surface area contributed by atoms with Gasteiger partial charge in [-0.05, 0) is 44.9 Å². The zero-order valence-electron chi connectivity index (χ0n) is 12.5. The summed E-state index contributed by atoms with van der Waals surface area (Å²) < 4.78 is 0. The van der Waals surface area contributed by atoms with Crippen LogP contribution < -0.4 is 15.1 Å². The minimum atomic E-state index is 0.559. The second-order valence-corrected chi connectivity index (χ2v) is 6.25. The van der Waals surface area contributed by atoms with Crippen LogP contribution in [0.2, 0.25) is 0 Å². The summed E-state index contributed by atoms with van der Waals surface area (Å²) in [5.41, 5.74) is 5.70. The van der Waals surface area contributed by atoms with E-state index in [0.29, 0.717) is 12.1 Å². The predicted molar refractivity (Wildman–Crippen MR) is 82.4 cm³/mol. The third-order valence-corrected chi connectivity index (χ3v) is 4.40. The van der Waals surface area contributed by atoms with Crippen LogP contribution in [0.25, 0.3) is 0 Å². The molecule has 1 atom stereocenters. The van der Waals surface area contributed by atoms with E-state index in [4.69, 9.17) is 0 Å². The summed E-state index contributed by atoms with van der Waals surface area (Å²) in [6.07, 6.45) is 0. The lowest BCUT2D eigenvalue weighted by Crippen LogP contribution is -2.60. The number of nitrogens with one attached hydrogen (secondary N) is 1. The van der Waals surface area contributed by atoms with Crippen LogP contribution in [0.3, 0.4) is 0 Å². The first-order valence-electron chi connectivity index (χ1n) is 7.43. The van der Waals surface area contributed by atoms with Gasteiger partial charge in [-0.2, -0.15) is 0 Å². The average Bonchev–Trinajstić information content (AvgIpc) is 2.36. The van der Waals surface area contributed by atoms with Crippen molar-refractivity contribution in [2.45, 2.75) is 39.8 Å². The van der Waals surface area contributed by atoms with Gasteiger partial charge < -0.3 is 15.1 Å². The highest BCUT2D eigenvalue weighted by atomic mass is 15.3. The van der Waals surface area contributed by atoms with Crippen molar-refractivity contribution >= 4 is 11.4 Å². The van der Waals surface area contributed by atoms with Crippen LogP contribution in [0.5, 0.6) is 0 Å². The van der Waals surface area contributed by atoms with Gasteiger partial charge in [0.15, 0.2) is 0 Å². The van der Waals surface area contributed by atoms with Crippen molar-refractivity contribution in [2.24, 2.45) is 0 Å². The number of piperazine rings is 1. The topological polar surface area (TPSA) is 18.5 Å². The van der Waals surface area contributed by atoms with E-state index in [1.54, 1.807) is 0 Å². The molecule has 2 aliphatic rings. The Morgan fingerprint density at radius 2 is 2.05 bits per heavy atom. The van der Waals surface area contributed by atoms with Crippen LogP contribution in [0, 0.1) is 13.8 Å². The molecule has 1 N–H and O–H groups in total. The molecule has 0 radical (unpaired) electrons. The van der Waals surface area contributed by atoms with Gasteiger partial charge in [-0.15, -0.1) is 0 Å². The molecule has 0 spiro atoms. The molecule has 104 valence electrons. The fraction of sp³-hybridized carbons (Fsp3) is 0.625. The normalized spacial score (nSPS) is 22.5. The lowest BCUT2D eigenvalue weighted by Gasteiger charge is -2.49. The van der Waals surface area contributed by atoms with E-state index in [2.05, 4.69) is 54.9 Å². The Kier molecular flexibility index (Phi) is 3.17. The van der Waals surface area contributed by atoms with E-state index in [9.17, 15) is 0 Å². The van der Waals surface area contributed by atoms with Crippen LogP contribution >= 0.6 is 0 Å². The van der Waals surface area contributed by atoms with Gasteiger partial charge in [0.25, 0.3) is 0 Å². The van der Waals surface area contributed by atoms with E-state index in [0.717, 1.165) is 26.2 Å². The lowest BCUT2D eigenvalue weighted by atomic mass is 9.98. The minimum Gasteiger partial charge on any atom is -0.365 e. The minimum absolute atomic E-state index is 0.559. The molecular weight excluding hydrogens is 234 g/mol. The van der Waals surface area contributed by atoms with Crippen LogP contribution in [0.15, 0.2) is 12.1 Å². The molecule has 0 aromatic heterocycles. The number of nitrogens with zero attached hydrogens (tertiary/aromatic N) is 2. The smallest absolute Gasteiger partial charge is 0.0638 e. The summed E-state index contributed by atoms with van der Waals surface area (Å²) >= 11 is 0. The third-order valence-electron chi connectivity index (χ3n) is 4.40. The molecule has 2 aliphatic heterocycles. The molecule has 3 nitrogen and oxygen atoms in total. The Bertz CT molecular complexity index is 481. The molecule has 1 saturated heterocycles. The first-order chi connectivity index (χ1) is 9.08. The monoisotopic (exact) mass is 259 g/mol. The molecule has 1 unspecified atom stereocenters. The second-order valence-electron chi connectivity index (χ2n) is 6.25. The van der Waals surface area contributed by atoms with Gasteiger partial charge in [-0.3, -0.25) is 0 Å². The van der Waals surface area contributed by atoms with Gasteiger partial charge >= 0.3 is 0 Å². The standard InChI is InChI=1S/C16H25N3/c1-11(2)19-10-14-9-17-5-6-18(14)16-13(4)7-12(3)8-15(16)19/h7-8,11,14,17H,5-6,9-10H2,1-4H3. The summed E-state index contributed by atoms with van der Waals surface area (Å²) in [4.78, 5) is 5.20. The van der Waals surface area contributed by atoms with Gasteiger partial charge in [0.1, 0.15) is 0 Å². The quantitative estimate of drug-likeness (QED) is 0.835. The number of aryl methyl sites for hydroxylation is 2. The molecule has 0 saturated carbocycles. The first-order valence-corrected chi connectivity index (χ1v) is 7.43. The average molecular weight is 259 g/mol. The van der Waals surface area contributed by atoms with Crippen molar-refractivity contribution in [2.75, 3.05) is 36.0 Å². The van der Waals surface area contributed by atoms with E-state index in [1.807, 2.05) is 0 Å². The maximum absolute atomic E-state index is 3.54. The largest absolute Gasteiger partial charge is 0.365 e. The Labute approximate surface area is 116 Å². The fourth-order valence-corrected chi connectivity index (χ4v) is 3.56. The molecule has 1 aromatic rings. The molecule has 3 rings (SSSR count). The predicted octanol–water partition coefficient (Wildman–Crippen LogP) is 2.31. The number of hydrogen-bond acceptors (Lipinski definition) is 3. The zero-order chi connectivity index (χ0) is 13.6. The van der Waals surface area contributed by atoms with Crippen LogP contribution in [0.1, 0.15) is 25.0 Å². The van der Waals surface area contributed by atoms with Gasteiger partial charge in [-0.25, -0.2) is 0 Å². The highest BCUT2D eigenvalue weighted by molar-refractivity contribution is 5.78. The number of fused-ring (bicyclic) bond motifs is 3. The maximum Gasteiger partial charge on any atom is 0.0638 e. The summed E-state index contributed by atoms with van der Waals surface area (Å²) in [5.74, 6) is 0. The molecular formula is C16H25N3. The Hall–Kier alpha value is -1.22. The highest BCUT2D eigenvalue weighted by Crippen LogP contribution is 2.40. The van der Waals surface area contributed by atoms with E-state index < -0.39 is 0 Å². The number of rotatable bonds is 1. The number of benzene rings is 1. The van der Waals surface area contributed by atoms with Crippen molar-refractivity contribution in [3.8, 4) is 0 Å². The van der Waals surface area contributed by atoms with Crippen molar-refractivity contribution in [3.63, 3.8) is 0 Å². The molecule has 19 heavy (non-hydrogen) atoms. The van der Waals surface area contributed by atoms with Crippen LogP contribution in [-0.2, 0) is 0 Å². The van der Waals surface area contributed by atoms with Crippen molar-refractivity contribution < 1.29 is 0 Å². The third kappa shape index (κ3) is 2.10. The second kappa shape index (κ2) is 4.71. The first kappa shape index (κ1) is 12.8. The molecule has 1 fully saturated rings. The molecule has 0 amide bonds. The summed E-state index contributed by atoms with van der Waals surface area (Å²) in [5, 5.41) is 3.54. The summed E-state index contributed by atoms with van der Waals surface area (Å²) in [6, 6.07) is 5.86. The Morgan fingerprint density at radius 1 is 1.26 bits per heavy atom. The lowest BCUT2D eigenvalue weighted by molar-refractivity contribution is 0.448. The molecule has 0 aliphatic carbocycles. The van der Waals surface area contributed by atoms with Crippen molar-refractivity contribution in [1.82, 2.24) is 5.32 Å². The zero-order valence-corrected chi connectivity index (χ0v) is 12.5. The fourth-order valence-electron chi connectivity index (χ4n) is 3.56. The molecule has 0 bridgehead atoms. The van der Waals surface area contributed by atoms with Gasteiger partial charge in [0, 0.05) is 32.2 Å². The van der Waals surface area contributed by atoms with E-state index >= 15 is 0 Å². The van der Waals surface area contributed by atoms with Gasteiger partial charge in [0.2, 0.25) is 0 Å². The highest BCUT2D eigenvalue weighted by Gasteiger charge is 2.34. The molecule has 1 aromatic carbocycles. The van der Waals surface area contributed by atoms with E-state index in [-0.39, 0.29) is 0 Å². The van der Waals surface area contributed by atoms with Crippen molar-refractivity contribution in [3.05, 3.63) is 23.3 Å². The number of hydrogen-bond donors (Lipinski definition) is 1. The van der Waals surface area contributed by atoms with Gasteiger partial charge in [-0.1, -0.05) is 6.07 Å². The Morgan fingerprint density at radius 3 is 2.79 bits per heavy atom. The van der Waals surface area contributed by atoms with Gasteiger partial charge in [0.05, 0.1) is 17.4 Å². The van der Waals surface area contributed by atoms with Crippen molar-refractivity contribution in [1.29, 1.82) is 0 Å². The van der Waals surface area contributed by atoms with Crippen LogP contribution in [0.4, 0.5) is 11.4 Å². The SMILES string of the molecule is Cc1cc(C)c2c(c1)N(C(C)C)CC1CNCCN21. The Balaban J connectivity index is 2.12.